The molecule has 2 aliphatic rings. The van der Waals surface area contributed by atoms with Crippen molar-refractivity contribution >= 4 is 11.9 Å². The maximum Gasteiger partial charge on any atom is 0.261 e. The molecule has 1 aromatic heterocycles. The Morgan fingerprint density at radius 2 is 1.96 bits per heavy atom. The lowest BCUT2D eigenvalue weighted by molar-refractivity contribution is -0.132. The van der Waals surface area contributed by atoms with Gasteiger partial charge in [0.05, 0.1) is 5.69 Å². The van der Waals surface area contributed by atoms with Crippen LogP contribution in [-0.4, -0.2) is 28.8 Å². The molecule has 5 heteroatoms. The largest absolute Gasteiger partial charge is 0.369 e. The minimum atomic E-state index is -0.921. The van der Waals surface area contributed by atoms with Gasteiger partial charge in [-0.3, -0.25) is 14.7 Å². The molecule has 5 nitrogen and oxygen atoms in total. The first kappa shape index (κ1) is 16.8. The number of carbonyl (C=O) groups excluding carboxylic acids is 1. The van der Waals surface area contributed by atoms with E-state index in [2.05, 4.69) is 48.1 Å². The fourth-order valence-corrected chi connectivity index (χ4v) is 4.33. The molecule has 0 saturated carbocycles. The van der Waals surface area contributed by atoms with Crippen LogP contribution < -0.4 is 5.73 Å². The van der Waals surface area contributed by atoms with Gasteiger partial charge >= 0.3 is 0 Å². The minimum Gasteiger partial charge on any atom is -0.369 e. The van der Waals surface area contributed by atoms with Crippen molar-refractivity contribution in [2.45, 2.75) is 39.2 Å². The zero-order valence-electron chi connectivity index (χ0n) is 15.7. The molecule has 2 aromatic rings. The number of nitrogens with zero attached hydrogens (tertiary/aromatic N) is 3. The summed E-state index contributed by atoms with van der Waals surface area (Å²) >= 11 is 0. The lowest BCUT2D eigenvalue weighted by Gasteiger charge is -2.41. The first-order valence-electron chi connectivity index (χ1n) is 8.92. The normalized spacial score (nSPS) is 23.9. The molecule has 1 aromatic carbocycles. The predicted molar refractivity (Wildman–Crippen MR) is 103 cm³/mol. The second-order valence-electron chi connectivity index (χ2n) is 8.30. The Bertz CT molecular complexity index is 947. The third-order valence-electron chi connectivity index (χ3n) is 5.48. The Kier molecular flexibility index (Phi) is 3.48. The number of carbonyl (C=O) groups is 1. The van der Waals surface area contributed by atoms with Crippen LogP contribution in [0.1, 0.15) is 37.0 Å². The van der Waals surface area contributed by atoms with Gasteiger partial charge in [-0.15, -0.1) is 0 Å². The van der Waals surface area contributed by atoms with E-state index in [9.17, 15) is 4.79 Å². The molecule has 1 aliphatic heterocycles. The summed E-state index contributed by atoms with van der Waals surface area (Å²) in [6, 6.07) is 10.3. The molecule has 2 heterocycles. The van der Waals surface area contributed by atoms with Gasteiger partial charge in [-0.25, -0.2) is 4.99 Å². The van der Waals surface area contributed by atoms with Crippen LogP contribution in [0, 0.1) is 12.3 Å². The number of likely N-dealkylation sites (N-methyl/N-ethyl adjacent to an activating group) is 1. The maximum absolute atomic E-state index is 13.2. The summed E-state index contributed by atoms with van der Waals surface area (Å²) in [5.41, 5.74) is 10.3. The molecule has 1 atom stereocenters. The van der Waals surface area contributed by atoms with E-state index in [0.717, 1.165) is 34.4 Å². The van der Waals surface area contributed by atoms with Crippen molar-refractivity contribution in [1.29, 1.82) is 0 Å². The van der Waals surface area contributed by atoms with Gasteiger partial charge in [0.25, 0.3) is 5.91 Å². The standard InChI is InChI=1S/C21H24N4O/c1-13-7-8-23-17(9-13)14-5-6-15-11-20(2,3)12-21(16(15)10-14)18(26)25(4)19(22)24-21/h5-10H,11-12H2,1-4H3,(H2,22,24). The number of pyridine rings is 1. The number of aliphatic imine (C=N–C) groups is 1. The summed E-state index contributed by atoms with van der Waals surface area (Å²) in [5, 5.41) is 0. The highest BCUT2D eigenvalue weighted by atomic mass is 16.2. The number of fused-ring (bicyclic) bond motifs is 2. The molecule has 0 radical (unpaired) electrons. The van der Waals surface area contributed by atoms with Crippen molar-refractivity contribution < 1.29 is 4.79 Å². The number of hydrogen-bond donors (Lipinski definition) is 1. The lowest BCUT2D eigenvalue weighted by atomic mass is 9.65. The molecule has 4 rings (SSSR count). The predicted octanol–water partition coefficient (Wildman–Crippen LogP) is 3.01. The van der Waals surface area contributed by atoms with E-state index in [1.807, 2.05) is 19.2 Å². The Morgan fingerprint density at radius 1 is 1.19 bits per heavy atom. The van der Waals surface area contributed by atoms with E-state index in [1.165, 1.54) is 4.90 Å². The molecule has 0 fully saturated rings. The number of aromatic nitrogens is 1. The van der Waals surface area contributed by atoms with E-state index in [4.69, 9.17) is 5.73 Å². The van der Waals surface area contributed by atoms with E-state index in [1.54, 1.807) is 7.05 Å². The Morgan fingerprint density at radius 3 is 2.62 bits per heavy atom. The Labute approximate surface area is 154 Å². The van der Waals surface area contributed by atoms with Gasteiger partial charge in [-0.1, -0.05) is 26.0 Å². The van der Waals surface area contributed by atoms with Crippen LogP contribution >= 0.6 is 0 Å². The molecule has 1 unspecified atom stereocenters. The molecule has 2 N–H and O–H groups in total. The summed E-state index contributed by atoms with van der Waals surface area (Å²) in [5.74, 6) is 0.246. The van der Waals surface area contributed by atoms with Crippen LogP contribution in [0.3, 0.4) is 0 Å². The number of rotatable bonds is 1. The fourth-order valence-electron chi connectivity index (χ4n) is 4.33. The van der Waals surface area contributed by atoms with Crippen LogP contribution in [0.15, 0.2) is 41.5 Å². The van der Waals surface area contributed by atoms with Crippen molar-refractivity contribution in [3.8, 4) is 11.3 Å². The summed E-state index contributed by atoms with van der Waals surface area (Å²) in [6.07, 6.45) is 3.38. The quantitative estimate of drug-likeness (QED) is 0.861. The van der Waals surface area contributed by atoms with Crippen LogP contribution in [0.25, 0.3) is 11.3 Å². The minimum absolute atomic E-state index is 0.0271. The fraction of sp³-hybridized carbons (Fsp3) is 0.381. The highest BCUT2D eigenvalue weighted by Gasteiger charge is 2.54. The van der Waals surface area contributed by atoms with E-state index < -0.39 is 5.54 Å². The number of hydrogen-bond acceptors (Lipinski definition) is 4. The first-order chi connectivity index (χ1) is 12.2. The number of amides is 1. The zero-order chi connectivity index (χ0) is 18.7. The molecule has 134 valence electrons. The topological polar surface area (TPSA) is 71.6 Å². The van der Waals surface area contributed by atoms with Crippen LogP contribution in [-0.2, 0) is 16.8 Å². The number of benzene rings is 1. The summed E-state index contributed by atoms with van der Waals surface area (Å²) in [7, 11) is 1.70. The Balaban J connectivity index is 1.93. The molecule has 1 amide bonds. The van der Waals surface area contributed by atoms with Gasteiger partial charge in [-0.2, -0.15) is 0 Å². The maximum atomic E-state index is 13.2. The summed E-state index contributed by atoms with van der Waals surface area (Å²) in [6.45, 7) is 6.42. The van der Waals surface area contributed by atoms with E-state index in [0.29, 0.717) is 6.42 Å². The molecule has 26 heavy (non-hydrogen) atoms. The monoisotopic (exact) mass is 348 g/mol. The first-order valence-corrected chi connectivity index (χ1v) is 8.92. The summed E-state index contributed by atoms with van der Waals surface area (Å²) in [4.78, 5) is 23.8. The van der Waals surface area contributed by atoms with E-state index >= 15 is 0 Å². The van der Waals surface area contributed by atoms with Gasteiger partial charge in [0.2, 0.25) is 0 Å². The van der Waals surface area contributed by atoms with Crippen molar-refractivity contribution in [2.24, 2.45) is 16.1 Å². The third kappa shape index (κ3) is 2.42. The molecule has 0 saturated heterocycles. The van der Waals surface area contributed by atoms with Crippen LogP contribution in [0.2, 0.25) is 0 Å². The van der Waals surface area contributed by atoms with Gasteiger partial charge in [-0.05, 0) is 60.1 Å². The SMILES string of the molecule is Cc1ccnc(-c2ccc3c(c2)C2(CC(C)(C)C3)N=C(N)N(C)C2=O)c1. The smallest absolute Gasteiger partial charge is 0.261 e. The van der Waals surface area contributed by atoms with Crippen LogP contribution in [0.5, 0.6) is 0 Å². The van der Waals surface area contributed by atoms with Gasteiger partial charge in [0.15, 0.2) is 11.5 Å². The van der Waals surface area contributed by atoms with E-state index in [-0.39, 0.29) is 17.3 Å². The second-order valence-corrected chi connectivity index (χ2v) is 8.30. The Hall–Kier alpha value is -2.69. The molecular formula is C21H24N4O. The highest BCUT2D eigenvalue weighted by Crippen LogP contribution is 2.50. The number of nitrogens with two attached hydrogens (primary N) is 1. The lowest BCUT2D eigenvalue weighted by Crippen LogP contribution is -2.46. The van der Waals surface area contributed by atoms with Crippen molar-refractivity contribution in [3.05, 3.63) is 53.2 Å². The number of guanidine groups is 1. The molecule has 1 aliphatic carbocycles. The number of aryl methyl sites for hydroxylation is 1. The van der Waals surface area contributed by atoms with Crippen molar-refractivity contribution in [2.75, 3.05) is 7.05 Å². The molecule has 1 spiro atoms. The average Bonchev–Trinajstić information content (AvgIpc) is 2.78. The van der Waals surface area contributed by atoms with Gasteiger partial charge in [0.1, 0.15) is 0 Å². The summed E-state index contributed by atoms with van der Waals surface area (Å²) < 4.78 is 0. The average molecular weight is 348 g/mol. The highest BCUT2D eigenvalue weighted by molar-refractivity contribution is 6.07. The zero-order valence-corrected chi connectivity index (χ0v) is 15.7. The van der Waals surface area contributed by atoms with Gasteiger partial charge < -0.3 is 5.73 Å². The second kappa shape index (κ2) is 5.40. The molecule has 0 bridgehead atoms. The van der Waals surface area contributed by atoms with Gasteiger partial charge in [0, 0.05) is 18.8 Å². The van der Waals surface area contributed by atoms with Crippen molar-refractivity contribution in [3.63, 3.8) is 0 Å². The van der Waals surface area contributed by atoms with Crippen molar-refractivity contribution in [1.82, 2.24) is 9.88 Å². The third-order valence-corrected chi connectivity index (χ3v) is 5.48. The molecular weight excluding hydrogens is 324 g/mol. The van der Waals surface area contributed by atoms with Crippen LogP contribution in [0.4, 0.5) is 0 Å².